The van der Waals surface area contributed by atoms with E-state index >= 15 is 0 Å². The molecule has 0 aromatic carbocycles. The molecule has 1 saturated heterocycles. The van der Waals surface area contributed by atoms with Gasteiger partial charge in [0.05, 0.1) is 6.04 Å². The van der Waals surface area contributed by atoms with E-state index in [-0.39, 0.29) is 18.0 Å². The van der Waals surface area contributed by atoms with Crippen molar-refractivity contribution in [2.24, 2.45) is 5.92 Å². The van der Waals surface area contributed by atoms with E-state index in [0.29, 0.717) is 18.0 Å². The van der Waals surface area contributed by atoms with Crippen molar-refractivity contribution in [3.8, 4) is 0 Å². The van der Waals surface area contributed by atoms with Crippen LogP contribution >= 0.6 is 0 Å². The maximum atomic E-state index is 13.2. The third kappa shape index (κ3) is 2.82. The summed E-state index contributed by atoms with van der Waals surface area (Å²) < 4.78 is 1.79. The first kappa shape index (κ1) is 17.0. The number of amides is 1. The van der Waals surface area contributed by atoms with Gasteiger partial charge in [-0.3, -0.25) is 9.48 Å². The molecule has 2 fully saturated rings. The molecule has 1 aliphatic heterocycles. The van der Waals surface area contributed by atoms with Gasteiger partial charge in [0.2, 0.25) is 0 Å². The molecule has 6 heteroatoms. The van der Waals surface area contributed by atoms with Crippen molar-refractivity contribution in [3.05, 3.63) is 18.0 Å². The van der Waals surface area contributed by atoms with Crippen LogP contribution in [0.2, 0.25) is 0 Å². The number of hydrogen-bond donors (Lipinski definition) is 1. The number of carboxylic acids is 1. The van der Waals surface area contributed by atoms with Crippen LogP contribution in [0, 0.1) is 5.92 Å². The Morgan fingerprint density at radius 1 is 1.29 bits per heavy atom. The van der Waals surface area contributed by atoms with Crippen LogP contribution in [-0.4, -0.2) is 43.7 Å². The standard InChI is InChI=1S/C18H27N3O3/c1-3-13(4-2)21-15(9-10-19-21)17(22)20-14-8-6-5-7-12(14)11-16(20)18(23)24/h9-10,12-14,16H,3-8,11H2,1-2H3,(H,23,24)/t12-,14+,16+/m1/s1. The fraction of sp³-hybridized carbons (Fsp3) is 0.722. The normalized spacial score (nSPS) is 26.6. The van der Waals surface area contributed by atoms with E-state index in [0.717, 1.165) is 38.5 Å². The molecule has 0 unspecified atom stereocenters. The highest BCUT2D eigenvalue weighted by Gasteiger charge is 2.48. The SMILES string of the molecule is CCC(CC)n1nccc1C(=O)N1[C@H](C(=O)O)C[C@H]2CCCC[C@@H]21. The number of likely N-dealkylation sites (tertiary alicyclic amines) is 1. The van der Waals surface area contributed by atoms with Gasteiger partial charge in [-0.05, 0) is 44.1 Å². The minimum absolute atomic E-state index is 0.0670. The number of carboxylic acid groups (broad SMARTS) is 1. The quantitative estimate of drug-likeness (QED) is 0.898. The van der Waals surface area contributed by atoms with Crippen LogP contribution < -0.4 is 0 Å². The summed E-state index contributed by atoms with van der Waals surface area (Å²) in [4.78, 5) is 26.6. The van der Waals surface area contributed by atoms with Crippen molar-refractivity contribution in [1.29, 1.82) is 0 Å². The summed E-state index contributed by atoms with van der Waals surface area (Å²) in [7, 11) is 0. The Morgan fingerprint density at radius 2 is 2.00 bits per heavy atom. The van der Waals surface area contributed by atoms with Crippen LogP contribution in [0.25, 0.3) is 0 Å². The van der Waals surface area contributed by atoms with Gasteiger partial charge in [-0.1, -0.05) is 26.7 Å². The number of nitrogens with zero attached hydrogens (tertiary/aromatic N) is 3. The molecule has 1 N–H and O–H groups in total. The van der Waals surface area contributed by atoms with Gasteiger partial charge in [-0.25, -0.2) is 4.79 Å². The van der Waals surface area contributed by atoms with Gasteiger partial charge in [0, 0.05) is 12.2 Å². The Balaban J connectivity index is 1.93. The molecule has 1 saturated carbocycles. The van der Waals surface area contributed by atoms with Crippen LogP contribution in [0.3, 0.4) is 0 Å². The molecule has 2 aliphatic rings. The Bertz CT molecular complexity index is 608. The molecule has 3 atom stereocenters. The molecule has 1 aromatic rings. The minimum atomic E-state index is -0.883. The number of rotatable bonds is 5. The highest BCUT2D eigenvalue weighted by atomic mass is 16.4. The van der Waals surface area contributed by atoms with Gasteiger partial charge in [0.15, 0.2) is 0 Å². The monoisotopic (exact) mass is 333 g/mol. The predicted molar refractivity (Wildman–Crippen MR) is 89.8 cm³/mol. The first-order chi connectivity index (χ1) is 11.6. The number of aromatic nitrogens is 2. The molecular formula is C18H27N3O3. The van der Waals surface area contributed by atoms with Crippen molar-refractivity contribution in [2.45, 2.75) is 76.9 Å². The smallest absolute Gasteiger partial charge is 0.326 e. The lowest BCUT2D eigenvalue weighted by molar-refractivity contribution is -0.141. The van der Waals surface area contributed by atoms with E-state index in [1.165, 1.54) is 0 Å². The van der Waals surface area contributed by atoms with Crippen molar-refractivity contribution in [1.82, 2.24) is 14.7 Å². The topological polar surface area (TPSA) is 75.4 Å². The third-order valence-electron chi connectivity index (χ3n) is 5.79. The maximum Gasteiger partial charge on any atom is 0.326 e. The second kappa shape index (κ2) is 6.95. The summed E-state index contributed by atoms with van der Waals surface area (Å²) in [6.07, 6.45) is 8.19. The minimum Gasteiger partial charge on any atom is -0.480 e. The number of fused-ring (bicyclic) bond motifs is 1. The van der Waals surface area contributed by atoms with Crippen LogP contribution in [0.15, 0.2) is 12.3 Å². The van der Waals surface area contributed by atoms with Crippen LogP contribution in [0.5, 0.6) is 0 Å². The molecule has 1 amide bonds. The number of carbonyl (C=O) groups is 2. The molecule has 3 rings (SSSR count). The lowest BCUT2D eigenvalue weighted by atomic mass is 9.84. The fourth-order valence-electron chi connectivity index (χ4n) is 4.51. The highest BCUT2D eigenvalue weighted by molar-refractivity contribution is 5.96. The molecule has 0 bridgehead atoms. The van der Waals surface area contributed by atoms with E-state index in [1.807, 2.05) is 0 Å². The van der Waals surface area contributed by atoms with Gasteiger partial charge < -0.3 is 10.0 Å². The summed E-state index contributed by atoms with van der Waals surface area (Å²) in [5.41, 5.74) is 0.529. The molecule has 0 radical (unpaired) electrons. The molecule has 6 nitrogen and oxygen atoms in total. The molecule has 2 heterocycles. The number of carbonyl (C=O) groups excluding carboxylic acids is 1. The Labute approximate surface area is 142 Å². The molecule has 0 spiro atoms. The fourth-order valence-corrected chi connectivity index (χ4v) is 4.51. The summed E-state index contributed by atoms with van der Waals surface area (Å²) in [6, 6.07) is 1.27. The summed E-state index contributed by atoms with van der Waals surface area (Å²) >= 11 is 0. The zero-order valence-corrected chi connectivity index (χ0v) is 14.5. The van der Waals surface area contributed by atoms with Crippen molar-refractivity contribution in [2.75, 3.05) is 0 Å². The predicted octanol–water partition coefficient (Wildman–Crippen LogP) is 3.10. The van der Waals surface area contributed by atoms with Gasteiger partial charge >= 0.3 is 5.97 Å². The highest BCUT2D eigenvalue weighted by Crippen LogP contribution is 2.40. The first-order valence-corrected chi connectivity index (χ1v) is 9.17. The van der Waals surface area contributed by atoms with E-state index in [9.17, 15) is 14.7 Å². The average Bonchev–Trinajstić information content (AvgIpc) is 3.20. The van der Waals surface area contributed by atoms with Crippen LogP contribution in [0.1, 0.15) is 75.3 Å². The average molecular weight is 333 g/mol. The molecule has 1 aliphatic carbocycles. The van der Waals surface area contributed by atoms with Crippen LogP contribution in [0.4, 0.5) is 0 Å². The van der Waals surface area contributed by atoms with Gasteiger partial charge in [-0.15, -0.1) is 0 Å². The van der Waals surface area contributed by atoms with Gasteiger partial charge in [-0.2, -0.15) is 5.10 Å². The van der Waals surface area contributed by atoms with E-state index in [1.54, 1.807) is 21.8 Å². The molecule has 24 heavy (non-hydrogen) atoms. The number of aliphatic carboxylic acids is 1. The van der Waals surface area contributed by atoms with Crippen molar-refractivity contribution >= 4 is 11.9 Å². The van der Waals surface area contributed by atoms with Crippen molar-refractivity contribution < 1.29 is 14.7 Å². The second-order valence-electron chi connectivity index (χ2n) is 7.05. The lowest BCUT2D eigenvalue weighted by Crippen LogP contribution is -2.47. The summed E-state index contributed by atoms with van der Waals surface area (Å²) in [5.74, 6) is -0.721. The Hall–Kier alpha value is -1.85. The van der Waals surface area contributed by atoms with E-state index in [2.05, 4.69) is 18.9 Å². The largest absolute Gasteiger partial charge is 0.480 e. The number of hydrogen-bond acceptors (Lipinski definition) is 3. The first-order valence-electron chi connectivity index (χ1n) is 9.17. The lowest BCUT2D eigenvalue weighted by Gasteiger charge is -2.33. The zero-order chi connectivity index (χ0) is 17.3. The summed E-state index contributed by atoms with van der Waals surface area (Å²) in [5, 5.41) is 14.0. The zero-order valence-electron chi connectivity index (χ0n) is 14.5. The molecule has 1 aromatic heterocycles. The van der Waals surface area contributed by atoms with E-state index in [4.69, 9.17) is 0 Å². The summed E-state index contributed by atoms with van der Waals surface area (Å²) in [6.45, 7) is 4.16. The Kier molecular flexibility index (Phi) is 4.92. The van der Waals surface area contributed by atoms with Gasteiger partial charge in [0.1, 0.15) is 11.7 Å². The maximum absolute atomic E-state index is 13.2. The van der Waals surface area contributed by atoms with Gasteiger partial charge in [0.25, 0.3) is 5.91 Å². The molecular weight excluding hydrogens is 306 g/mol. The van der Waals surface area contributed by atoms with Crippen molar-refractivity contribution in [3.63, 3.8) is 0 Å². The van der Waals surface area contributed by atoms with E-state index < -0.39 is 12.0 Å². The second-order valence-corrected chi connectivity index (χ2v) is 7.05. The Morgan fingerprint density at radius 3 is 2.67 bits per heavy atom. The third-order valence-corrected chi connectivity index (χ3v) is 5.79. The molecule has 132 valence electrons. The van der Waals surface area contributed by atoms with Crippen LogP contribution in [-0.2, 0) is 4.79 Å².